The molecular weight excluding hydrogens is 423 g/mol. The van der Waals surface area contributed by atoms with Gasteiger partial charge in [0.05, 0.1) is 6.61 Å². The summed E-state index contributed by atoms with van der Waals surface area (Å²) in [5.74, 6) is 0. The van der Waals surface area contributed by atoms with Crippen molar-refractivity contribution in [1.29, 1.82) is 0 Å². The molecule has 0 aliphatic carbocycles. The molecule has 0 saturated carbocycles. The number of halogens is 1. The van der Waals surface area contributed by atoms with Crippen LogP contribution < -0.4 is 0 Å². The maximum absolute atomic E-state index is 14.0. The van der Waals surface area contributed by atoms with E-state index in [1.54, 1.807) is 0 Å². The van der Waals surface area contributed by atoms with Crippen molar-refractivity contribution in [2.75, 3.05) is 6.61 Å². The van der Waals surface area contributed by atoms with Crippen molar-refractivity contribution in [2.24, 2.45) is 0 Å². The first-order valence-electron chi connectivity index (χ1n) is 14.1. The molecule has 0 saturated heterocycles. The largest absolute Gasteiger partial charge is 0.299 e. The fraction of sp³-hybridized carbons (Fsp3) is 1.00. The number of hydrogen-bond acceptors (Lipinski definition) is 3. The molecule has 1 unspecified atom stereocenters. The highest BCUT2D eigenvalue weighted by Crippen LogP contribution is 2.17. The molecular formula is C27H55FO3S. The monoisotopic (exact) mass is 478 g/mol. The molecule has 0 rings (SSSR count). The van der Waals surface area contributed by atoms with Crippen molar-refractivity contribution in [3.05, 3.63) is 0 Å². The molecule has 0 aliphatic heterocycles. The molecule has 0 aromatic carbocycles. The minimum Gasteiger partial charge on any atom is -0.268 e. The van der Waals surface area contributed by atoms with Crippen molar-refractivity contribution in [3.8, 4) is 0 Å². The highest BCUT2D eigenvalue weighted by molar-refractivity contribution is 7.87. The quantitative estimate of drug-likeness (QED) is 0.0917. The summed E-state index contributed by atoms with van der Waals surface area (Å²) in [4.78, 5) is 0. The number of rotatable bonds is 26. The predicted octanol–water partition coefficient (Wildman–Crippen LogP) is 9.64. The fourth-order valence-corrected chi connectivity index (χ4v) is 5.08. The van der Waals surface area contributed by atoms with Gasteiger partial charge in [-0.3, -0.25) is 4.18 Å². The molecule has 3 nitrogen and oxygen atoms in total. The van der Waals surface area contributed by atoms with E-state index in [9.17, 15) is 12.8 Å². The molecule has 0 N–H and O–H groups in total. The topological polar surface area (TPSA) is 43.4 Å². The van der Waals surface area contributed by atoms with Crippen molar-refractivity contribution in [2.45, 2.75) is 167 Å². The van der Waals surface area contributed by atoms with Crippen LogP contribution >= 0.6 is 0 Å². The zero-order chi connectivity index (χ0) is 23.8. The van der Waals surface area contributed by atoms with E-state index >= 15 is 0 Å². The van der Waals surface area contributed by atoms with E-state index < -0.39 is 15.6 Å². The first kappa shape index (κ1) is 31.8. The standard InChI is InChI=1S/C27H55FO3S/c1-3-5-7-9-11-12-13-14-15-16-17-18-20-22-24-26-31-32(29,30)27(28)25-23-21-19-10-8-6-4-2/h27H,3-26H2,1-2H3. The van der Waals surface area contributed by atoms with Gasteiger partial charge in [0.1, 0.15) is 0 Å². The fourth-order valence-electron chi connectivity index (χ4n) is 4.13. The van der Waals surface area contributed by atoms with Crippen LogP contribution in [0.2, 0.25) is 0 Å². The van der Waals surface area contributed by atoms with E-state index in [1.165, 1.54) is 96.3 Å². The third-order valence-electron chi connectivity index (χ3n) is 6.34. The van der Waals surface area contributed by atoms with Gasteiger partial charge in [0, 0.05) is 0 Å². The lowest BCUT2D eigenvalue weighted by molar-refractivity contribution is 0.270. The summed E-state index contributed by atoms with van der Waals surface area (Å²) in [6.45, 7) is 4.56. The minimum absolute atomic E-state index is 0.0645. The summed E-state index contributed by atoms with van der Waals surface area (Å²) in [5, 5.41) is 0. The summed E-state index contributed by atoms with van der Waals surface area (Å²) in [6.07, 6.45) is 26.4. The summed E-state index contributed by atoms with van der Waals surface area (Å²) in [6, 6.07) is 0. The minimum atomic E-state index is -4.05. The van der Waals surface area contributed by atoms with E-state index in [0.29, 0.717) is 12.8 Å². The second kappa shape index (κ2) is 24.0. The number of unbranched alkanes of at least 4 members (excludes halogenated alkanes) is 20. The Morgan fingerprint density at radius 3 is 1.22 bits per heavy atom. The van der Waals surface area contributed by atoms with Gasteiger partial charge in [0.2, 0.25) is 5.50 Å². The maximum atomic E-state index is 14.0. The molecule has 0 bridgehead atoms. The molecule has 5 heteroatoms. The van der Waals surface area contributed by atoms with E-state index in [2.05, 4.69) is 13.8 Å². The van der Waals surface area contributed by atoms with Gasteiger partial charge >= 0.3 is 0 Å². The lowest BCUT2D eigenvalue weighted by Crippen LogP contribution is -2.19. The van der Waals surface area contributed by atoms with Crippen LogP contribution in [0.1, 0.15) is 162 Å². The average Bonchev–Trinajstić information content (AvgIpc) is 2.78. The Hall–Kier alpha value is -0.160. The summed E-state index contributed by atoms with van der Waals surface area (Å²) < 4.78 is 42.7. The predicted molar refractivity (Wildman–Crippen MR) is 137 cm³/mol. The second-order valence-corrected chi connectivity index (χ2v) is 11.3. The number of alkyl halides is 1. The van der Waals surface area contributed by atoms with E-state index in [-0.39, 0.29) is 13.0 Å². The van der Waals surface area contributed by atoms with Gasteiger partial charge in [0.25, 0.3) is 10.1 Å². The Balaban J connectivity index is 3.42. The van der Waals surface area contributed by atoms with Gasteiger partial charge in [0.15, 0.2) is 0 Å². The summed E-state index contributed by atoms with van der Waals surface area (Å²) in [5.41, 5.74) is -1.87. The first-order chi connectivity index (χ1) is 15.5. The van der Waals surface area contributed by atoms with Gasteiger partial charge in [-0.1, -0.05) is 142 Å². The van der Waals surface area contributed by atoms with Crippen LogP contribution in [-0.2, 0) is 14.3 Å². The van der Waals surface area contributed by atoms with Crippen molar-refractivity contribution in [3.63, 3.8) is 0 Å². The lowest BCUT2D eigenvalue weighted by Gasteiger charge is -2.10. The van der Waals surface area contributed by atoms with Crippen molar-refractivity contribution >= 4 is 10.1 Å². The zero-order valence-electron chi connectivity index (χ0n) is 21.6. The molecule has 194 valence electrons. The van der Waals surface area contributed by atoms with Gasteiger partial charge in [-0.2, -0.15) is 8.42 Å². The van der Waals surface area contributed by atoms with E-state index in [4.69, 9.17) is 4.18 Å². The van der Waals surface area contributed by atoms with Crippen LogP contribution in [0.4, 0.5) is 4.39 Å². The molecule has 0 aromatic rings. The SMILES string of the molecule is CCCCCCCCCCCCCCCCCOS(=O)(=O)C(F)CCCCCCCCC. The molecule has 0 radical (unpaired) electrons. The second-order valence-electron chi connectivity index (χ2n) is 9.58. The van der Waals surface area contributed by atoms with Crippen LogP contribution in [-0.4, -0.2) is 20.5 Å². The Labute approximate surface area is 200 Å². The molecule has 0 fully saturated rings. The van der Waals surface area contributed by atoms with Crippen LogP contribution in [0.25, 0.3) is 0 Å². The van der Waals surface area contributed by atoms with E-state index in [1.807, 2.05) is 0 Å². The third-order valence-corrected chi connectivity index (χ3v) is 7.70. The molecule has 32 heavy (non-hydrogen) atoms. The Bertz CT molecular complexity index is 468. The Kier molecular flexibility index (Phi) is 23.9. The highest BCUT2D eigenvalue weighted by atomic mass is 32.2. The van der Waals surface area contributed by atoms with Gasteiger partial charge < -0.3 is 0 Å². The normalized spacial score (nSPS) is 13.0. The Morgan fingerprint density at radius 2 is 0.844 bits per heavy atom. The van der Waals surface area contributed by atoms with Gasteiger partial charge in [-0.25, -0.2) is 4.39 Å². The Morgan fingerprint density at radius 1 is 0.531 bits per heavy atom. The molecule has 0 heterocycles. The molecule has 0 aliphatic rings. The smallest absolute Gasteiger partial charge is 0.268 e. The highest BCUT2D eigenvalue weighted by Gasteiger charge is 2.25. The van der Waals surface area contributed by atoms with Crippen LogP contribution in [0, 0.1) is 0 Å². The molecule has 1 atom stereocenters. The van der Waals surface area contributed by atoms with Crippen molar-refractivity contribution < 1.29 is 17.0 Å². The molecule has 0 aromatic heterocycles. The lowest BCUT2D eigenvalue weighted by atomic mass is 10.0. The molecule has 0 spiro atoms. The number of hydrogen-bond donors (Lipinski definition) is 0. The first-order valence-corrected chi connectivity index (χ1v) is 15.5. The average molecular weight is 479 g/mol. The van der Waals surface area contributed by atoms with Crippen LogP contribution in [0.3, 0.4) is 0 Å². The summed E-state index contributed by atoms with van der Waals surface area (Å²) >= 11 is 0. The van der Waals surface area contributed by atoms with Gasteiger partial charge in [-0.05, 0) is 19.3 Å². The van der Waals surface area contributed by atoms with Crippen LogP contribution in [0.5, 0.6) is 0 Å². The van der Waals surface area contributed by atoms with E-state index in [0.717, 1.165) is 32.1 Å². The maximum Gasteiger partial charge on any atom is 0.299 e. The van der Waals surface area contributed by atoms with Crippen molar-refractivity contribution in [1.82, 2.24) is 0 Å². The summed E-state index contributed by atoms with van der Waals surface area (Å²) in [7, 11) is -4.05. The van der Waals surface area contributed by atoms with Gasteiger partial charge in [-0.15, -0.1) is 0 Å². The third kappa shape index (κ3) is 21.7. The zero-order valence-corrected chi connectivity index (χ0v) is 22.4. The van der Waals surface area contributed by atoms with Crippen LogP contribution in [0.15, 0.2) is 0 Å². The molecule has 0 amide bonds.